The van der Waals surface area contributed by atoms with Crippen molar-refractivity contribution in [2.24, 2.45) is 34.0 Å². The molecule has 4 rings (SSSR count). The smallest absolute Gasteiger partial charge is 0.326 e. The summed E-state index contributed by atoms with van der Waals surface area (Å²) in [7, 11) is 0. The van der Waals surface area contributed by atoms with E-state index in [9.17, 15) is 68.1 Å². The summed E-state index contributed by atoms with van der Waals surface area (Å²) >= 11 is -4.25. The quantitative estimate of drug-likeness (QED) is 0.0408. The van der Waals surface area contributed by atoms with Crippen LogP contribution in [0.15, 0.2) is 24.3 Å². The predicted molar refractivity (Wildman–Crippen MR) is 356 cm³/mol. The molecular weight excluding hydrogens is 1330 g/mol. The molecule has 6 amide bonds. The number of Topliss-reactive ketones (excluding diaryl/α,β-unsaturated/α-hetero) is 1. The summed E-state index contributed by atoms with van der Waals surface area (Å²) in [5, 5.41) is 45.9. The van der Waals surface area contributed by atoms with Crippen molar-refractivity contribution in [2.45, 2.75) is 190 Å². The van der Waals surface area contributed by atoms with E-state index in [4.69, 9.17) is 8.56 Å². The molecule has 1 aromatic carbocycles. The Labute approximate surface area is 571 Å². The number of benzene rings is 1. The number of rotatable bonds is 38. The molecule has 5 unspecified atom stereocenters. The van der Waals surface area contributed by atoms with Crippen molar-refractivity contribution in [3.05, 3.63) is 29.8 Å². The Balaban J connectivity index is 1.26. The number of nitrogens with zero attached hydrogens (tertiary/aromatic N) is 4. The second-order valence-electron chi connectivity index (χ2n) is 28.8. The van der Waals surface area contributed by atoms with Crippen molar-refractivity contribution in [3.63, 3.8) is 0 Å². The molecule has 0 saturated carbocycles. The van der Waals surface area contributed by atoms with Crippen molar-refractivity contribution < 1.29 is 76.6 Å². The molecule has 0 spiro atoms. The van der Waals surface area contributed by atoms with Crippen LogP contribution in [0, 0.1) is 34.0 Å². The van der Waals surface area contributed by atoms with E-state index < -0.39 is 70.7 Å². The zero-order valence-corrected chi connectivity index (χ0v) is 61.2. The van der Waals surface area contributed by atoms with Crippen LogP contribution in [0.5, 0.6) is 5.75 Å². The maximum atomic E-state index is 14.2. The van der Waals surface area contributed by atoms with Crippen molar-refractivity contribution in [1.82, 2.24) is 51.5 Å². The number of hydrogen-bond acceptors (Lipinski definition) is 19. The van der Waals surface area contributed by atoms with Gasteiger partial charge in [0.05, 0.1) is 0 Å². The molecule has 27 nitrogen and oxygen atoms in total. The molecular formula is C67H111InN10O17. The van der Waals surface area contributed by atoms with Gasteiger partial charge in [-0.1, -0.05) is 80.4 Å². The molecule has 3 aliphatic heterocycles. The van der Waals surface area contributed by atoms with E-state index in [0.717, 1.165) is 31.2 Å². The first kappa shape index (κ1) is 81.3. The van der Waals surface area contributed by atoms with Gasteiger partial charge in [-0.25, -0.2) is 14.4 Å². The van der Waals surface area contributed by atoms with E-state index in [1.54, 1.807) is 24.3 Å². The van der Waals surface area contributed by atoms with Gasteiger partial charge in [-0.3, -0.25) is 14.4 Å². The number of amides is 6. The van der Waals surface area contributed by atoms with Crippen molar-refractivity contribution >= 4 is 88.0 Å². The summed E-state index contributed by atoms with van der Waals surface area (Å²) in [5.41, 5.74) is 0.211. The molecule has 1 aromatic rings. The first-order chi connectivity index (χ1) is 44.8. The van der Waals surface area contributed by atoms with Gasteiger partial charge in [0.1, 0.15) is 23.6 Å². The SMILES string of the molecule is CCC(CC(C)(C)CCCC(CC(C)(C)CCCC(CC(C)(C)C)C(=O)NCCCCNC(=O)CN1CCN2CCN3CCN(CC1)CC(=O)[O][In]([O]C(=O)C2)[O]C(=O)C3)C(=O)NCc1ccc(O)cc1)C(=O)NCCCC[C@H](NC(=O)N[C@@H](CCC(C)=O)C(=O)O)C(=O)O. The van der Waals surface area contributed by atoms with Crippen molar-refractivity contribution in [2.75, 3.05) is 98.2 Å². The van der Waals surface area contributed by atoms with E-state index in [0.29, 0.717) is 136 Å². The van der Waals surface area contributed by atoms with E-state index >= 15 is 0 Å². The van der Waals surface area contributed by atoms with E-state index in [2.05, 4.69) is 80.4 Å². The fourth-order valence-corrected chi connectivity index (χ4v) is 15.2. The Kier molecular flexibility index (Phi) is 35.3. The zero-order chi connectivity index (χ0) is 70.3. The Morgan fingerprint density at radius 1 is 0.537 bits per heavy atom. The van der Waals surface area contributed by atoms with Crippen LogP contribution in [0.2, 0.25) is 0 Å². The number of phenolic OH excluding ortho intramolecular Hbond substituents is 1. The second-order valence-corrected chi connectivity index (χ2v) is 32.5. The summed E-state index contributed by atoms with van der Waals surface area (Å²) < 4.78 is 16.4. The average molecular weight is 1440 g/mol. The molecule has 28 heteroatoms. The number of carboxylic acid groups (broad SMARTS) is 2. The number of aliphatic carboxylic acids is 2. The summed E-state index contributed by atoms with van der Waals surface area (Å²) in [5.74, 6) is -5.76. The van der Waals surface area contributed by atoms with Gasteiger partial charge in [-0.15, -0.1) is 0 Å². The van der Waals surface area contributed by atoms with Crippen LogP contribution >= 0.6 is 0 Å². The van der Waals surface area contributed by atoms with Crippen molar-refractivity contribution in [1.29, 1.82) is 0 Å². The molecule has 534 valence electrons. The monoisotopic (exact) mass is 1440 g/mol. The minimum atomic E-state index is -4.25. The maximum Gasteiger partial charge on any atom is 0.326 e. The van der Waals surface area contributed by atoms with Gasteiger partial charge in [0.15, 0.2) is 0 Å². The largest absolute Gasteiger partial charge is 0.508 e. The molecule has 0 aliphatic carbocycles. The number of fused-ring (bicyclic) bond motifs is 7. The number of nitrogens with one attached hydrogen (secondary N) is 6. The molecule has 0 radical (unpaired) electrons. The Bertz CT molecular complexity index is 2640. The molecule has 95 heavy (non-hydrogen) atoms. The second kappa shape index (κ2) is 41.2. The van der Waals surface area contributed by atoms with Gasteiger partial charge >= 0.3 is 209 Å². The number of carboxylic acids is 2. The van der Waals surface area contributed by atoms with Gasteiger partial charge in [-0.05, 0) is 124 Å². The zero-order valence-electron chi connectivity index (χ0n) is 58.0. The van der Waals surface area contributed by atoms with E-state index in [1.165, 1.54) is 6.92 Å². The molecule has 0 aromatic heterocycles. The third-order valence-electron chi connectivity index (χ3n) is 17.8. The third kappa shape index (κ3) is 34.1. The van der Waals surface area contributed by atoms with Crippen molar-refractivity contribution in [3.8, 4) is 5.75 Å². The third-order valence-corrected chi connectivity index (χ3v) is 21.6. The molecule has 3 saturated heterocycles. The molecule has 3 heterocycles. The topological polar surface area (TPSA) is 361 Å². The number of carbonyl (C=O) groups is 11. The average Bonchev–Trinajstić information content (AvgIpc) is 1.89. The molecule has 4 bridgehead atoms. The van der Waals surface area contributed by atoms with Crippen LogP contribution < -0.4 is 31.9 Å². The Hall–Kier alpha value is -6.10. The van der Waals surface area contributed by atoms with E-state index in [1.807, 2.05) is 26.5 Å². The molecule has 3 fully saturated rings. The summed E-state index contributed by atoms with van der Waals surface area (Å²) in [6, 6.07) is 3.08. The van der Waals surface area contributed by atoms with Gasteiger partial charge in [0.2, 0.25) is 17.7 Å². The Morgan fingerprint density at radius 2 is 0.958 bits per heavy atom. The van der Waals surface area contributed by atoms with Crippen LogP contribution in [0.1, 0.15) is 177 Å². The summed E-state index contributed by atoms with van der Waals surface area (Å²) in [4.78, 5) is 149. The van der Waals surface area contributed by atoms with Crippen LogP contribution in [0.25, 0.3) is 0 Å². The standard InChI is InChI=1S/C67H114N10O17.In/c1-10-49(59(87)69-29-12-11-19-53(62(90)91)72-64(94)73-54(63(92)93)25-20-47(2)78)40-66(6,7)26-16-18-51(61(89)71-42-48-21-23-52(79)24-22-48)41-67(8,9)27-15-17-50(39-65(3,4)5)60(88)70-30-14-13-28-68-55(80)43-74-31-33-75(44-56(81)82)35-37-77(46-58(85)86)38-36-76(34-32-74)45-57(83)84;/h21-24,49-51,53-54,79H,10-20,25-46H2,1-9H3,(H,68,80)(H,69,87)(H,70,88)(H,71,89)(H,81,82)(H,83,84)(H,85,86)(H,90,91)(H,92,93)(H2,72,73,94);/q;+3/p-3/t49?,50?,51?,53-,54-;/m0./s1. The number of urea groups is 1. The van der Waals surface area contributed by atoms with Gasteiger partial charge in [0.25, 0.3) is 0 Å². The van der Waals surface area contributed by atoms with Gasteiger partial charge < -0.3 is 46.7 Å². The minimum absolute atomic E-state index is 0.00338. The number of carbonyl (C=O) groups excluding carboxylic acids is 9. The minimum Gasteiger partial charge on any atom is -0.508 e. The first-order valence-electron chi connectivity index (χ1n) is 34.1. The first-order valence-corrected chi connectivity index (χ1v) is 38.2. The van der Waals surface area contributed by atoms with Gasteiger partial charge in [-0.2, -0.15) is 0 Å². The number of aromatic hydroxyl groups is 1. The number of ketones is 1. The fraction of sp³-hybridized carbons (Fsp3) is 0.746. The van der Waals surface area contributed by atoms with Gasteiger partial charge in [0, 0.05) is 43.8 Å². The number of phenols is 1. The van der Waals surface area contributed by atoms with Crippen LogP contribution in [-0.4, -0.2) is 233 Å². The van der Waals surface area contributed by atoms with Crippen LogP contribution in [0.3, 0.4) is 0 Å². The van der Waals surface area contributed by atoms with Crippen LogP contribution in [0.4, 0.5) is 4.79 Å². The molecule has 9 N–H and O–H groups in total. The summed E-state index contributed by atoms with van der Waals surface area (Å²) in [6.45, 7) is 23.5. The molecule has 7 atom stereocenters. The van der Waals surface area contributed by atoms with Crippen LogP contribution in [-0.2, 0) is 63.1 Å². The fourth-order valence-electron chi connectivity index (χ4n) is 12.4. The molecule has 3 aliphatic rings. The number of unbranched alkanes of at least 4 members (excludes halogenated alkanes) is 2. The summed E-state index contributed by atoms with van der Waals surface area (Å²) in [6.07, 6.45) is 8.74. The number of hydrogen-bond donors (Lipinski definition) is 9. The predicted octanol–water partition coefficient (Wildman–Crippen LogP) is 4.61. The van der Waals surface area contributed by atoms with E-state index in [-0.39, 0.29) is 121 Å². The normalized spacial score (nSPS) is 19.2. The Morgan fingerprint density at radius 3 is 1.42 bits per heavy atom. The maximum absolute atomic E-state index is 14.2.